The summed E-state index contributed by atoms with van der Waals surface area (Å²) in [5.74, 6) is -0.0109. The van der Waals surface area contributed by atoms with E-state index < -0.39 is 16.1 Å². The molecule has 4 N–H and O–H groups in total. The van der Waals surface area contributed by atoms with Crippen LogP contribution >= 0.6 is 0 Å². The lowest BCUT2D eigenvalue weighted by Gasteiger charge is -2.19. The van der Waals surface area contributed by atoms with Gasteiger partial charge in [-0.3, -0.25) is 4.79 Å². The van der Waals surface area contributed by atoms with Gasteiger partial charge in [-0.1, -0.05) is 42.5 Å². The van der Waals surface area contributed by atoms with Crippen molar-refractivity contribution in [3.05, 3.63) is 65.7 Å². The van der Waals surface area contributed by atoms with E-state index >= 15 is 0 Å². The molecule has 1 saturated carbocycles. The van der Waals surface area contributed by atoms with E-state index in [2.05, 4.69) is 10.6 Å². The highest BCUT2D eigenvalue weighted by Gasteiger charge is 2.28. The Kier molecular flexibility index (Phi) is 5.70. The molecule has 1 fully saturated rings. The zero-order chi connectivity index (χ0) is 18.6. The van der Waals surface area contributed by atoms with Crippen LogP contribution in [0.2, 0.25) is 0 Å². The van der Waals surface area contributed by atoms with E-state index in [-0.39, 0.29) is 10.8 Å². The van der Waals surface area contributed by atoms with Gasteiger partial charge in [-0.25, -0.2) is 13.6 Å². The molecule has 0 heterocycles. The molecule has 6 nitrogen and oxygen atoms in total. The number of amides is 1. The summed E-state index contributed by atoms with van der Waals surface area (Å²) in [7, 11) is -3.68. The molecule has 0 saturated heterocycles. The first-order chi connectivity index (χ1) is 12.4. The quantitative estimate of drug-likeness (QED) is 0.652. The second-order valence-corrected chi connectivity index (χ2v) is 8.08. The third kappa shape index (κ3) is 5.14. The summed E-state index contributed by atoms with van der Waals surface area (Å²) in [5, 5.41) is 11.5. The Balaban J connectivity index is 1.61. The second-order valence-electron chi connectivity index (χ2n) is 6.52. The number of hydrogen-bond donors (Lipinski definition) is 3. The van der Waals surface area contributed by atoms with E-state index in [9.17, 15) is 13.2 Å². The molecule has 0 aromatic heterocycles. The molecule has 0 bridgehead atoms. The molecule has 1 aliphatic rings. The average Bonchev–Trinajstić information content (AvgIpc) is 3.43. The molecule has 7 heteroatoms. The molecule has 1 aliphatic carbocycles. The molecular weight excluding hydrogens is 350 g/mol. The highest BCUT2D eigenvalue weighted by molar-refractivity contribution is 7.89. The van der Waals surface area contributed by atoms with Gasteiger partial charge in [0.1, 0.15) is 6.04 Å². The maximum absolute atomic E-state index is 12.5. The summed E-state index contributed by atoms with van der Waals surface area (Å²) in [6.07, 6.45) is 2.76. The number of primary sulfonamides is 1. The predicted molar refractivity (Wildman–Crippen MR) is 99.9 cm³/mol. The van der Waals surface area contributed by atoms with Crippen molar-refractivity contribution in [3.63, 3.8) is 0 Å². The predicted octanol–water partition coefficient (Wildman–Crippen LogP) is 1.49. The fourth-order valence-electron chi connectivity index (χ4n) is 2.73. The molecule has 26 heavy (non-hydrogen) atoms. The first-order valence-corrected chi connectivity index (χ1v) is 10.2. The van der Waals surface area contributed by atoms with E-state index in [1.165, 1.54) is 12.1 Å². The number of benzene rings is 2. The smallest absolute Gasteiger partial charge is 0.241 e. The van der Waals surface area contributed by atoms with Crippen molar-refractivity contribution < 1.29 is 13.2 Å². The van der Waals surface area contributed by atoms with Gasteiger partial charge in [-0.05, 0) is 42.5 Å². The molecule has 138 valence electrons. The molecule has 0 unspecified atom stereocenters. The maximum Gasteiger partial charge on any atom is 0.241 e. The van der Waals surface area contributed by atoms with E-state index in [1.54, 1.807) is 12.1 Å². The molecule has 0 spiro atoms. The Morgan fingerprint density at radius 1 is 1.08 bits per heavy atom. The fraction of sp³-hybridized carbons (Fsp3) is 0.316. The standard InChI is InChI=1S/C19H23N3O3S/c20-26(24,25)17-10-6-14(7-11-17)12-13-21-18(15-4-2-1-3-5-15)19(23)22-16-8-9-16/h1-7,10-11,16,18,21H,8-9,12-13H2,(H,22,23)(H2,20,24,25)/t18-/m0/s1. The zero-order valence-electron chi connectivity index (χ0n) is 14.4. The second kappa shape index (κ2) is 7.99. The van der Waals surface area contributed by atoms with Crippen LogP contribution in [-0.4, -0.2) is 26.9 Å². The number of rotatable bonds is 8. The van der Waals surface area contributed by atoms with Crippen LogP contribution in [0.15, 0.2) is 59.5 Å². The van der Waals surface area contributed by atoms with Gasteiger partial charge in [-0.15, -0.1) is 0 Å². The summed E-state index contributed by atoms with van der Waals surface area (Å²) in [6, 6.07) is 16.0. The van der Waals surface area contributed by atoms with Crippen LogP contribution in [0.3, 0.4) is 0 Å². The van der Waals surface area contributed by atoms with Gasteiger partial charge in [0.2, 0.25) is 15.9 Å². The number of carbonyl (C=O) groups is 1. The highest BCUT2D eigenvalue weighted by atomic mass is 32.2. The Hall–Kier alpha value is -2.22. The number of nitrogens with one attached hydrogen (secondary N) is 2. The van der Waals surface area contributed by atoms with Gasteiger partial charge in [-0.2, -0.15) is 0 Å². The Morgan fingerprint density at radius 3 is 2.31 bits per heavy atom. The number of hydrogen-bond acceptors (Lipinski definition) is 4. The van der Waals surface area contributed by atoms with Crippen molar-refractivity contribution in [2.45, 2.75) is 36.2 Å². The van der Waals surface area contributed by atoms with Crippen molar-refractivity contribution in [2.75, 3.05) is 6.54 Å². The molecule has 1 amide bonds. The lowest BCUT2D eigenvalue weighted by molar-refractivity contribution is -0.123. The monoisotopic (exact) mass is 373 g/mol. The van der Waals surface area contributed by atoms with Crippen LogP contribution in [0.5, 0.6) is 0 Å². The van der Waals surface area contributed by atoms with E-state index in [4.69, 9.17) is 5.14 Å². The lowest BCUT2D eigenvalue weighted by atomic mass is 10.1. The Labute approximate surface area is 153 Å². The molecule has 2 aromatic carbocycles. The minimum absolute atomic E-state index is 0.0109. The van der Waals surface area contributed by atoms with Crippen LogP contribution in [0.25, 0.3) is 0 Å². The third-order valence-electron chi connectivity index (χ3n) is 4.33. The molecule has 0 radical (unpaired) electrons. The van der Waals surface area contributed by atoms with Gasteiger partial charge in [0.05, 0.1) is 4.90 Å². The van der Waals surface area contributed by atoms with Crippen molar-refractivity contribution in [1.82, 2.24) is 10.6 Å². The Bertz CT molecular complexity index is 847. The lowest BCUT2D eigenvalue weighted by Crippen LogP contribution is -2.39. The molecule has 2 aromatic rings. The first-order valence-electron chi connectivity index (χ1n) is 8.64. The minimum Gasteiger partial charge on any atom is -0.352 e. The molecular formula is C19H23N3O3S. The van der Waals surface area contributed by atoms with Gasteiger partial charge in [0.25, 0.3) is 0 Å². The van der Waals surface area contributed by atoms with Crippen LogP contribution in [0, 0.1) is 0 Å². The molecule has 0 aliphatic heterocycles. The average molecular weight is 373 g/mol. The van der Waals surface area contributed by atoms with Crippen molar-refractivity contribution in [2.24, 2.45) is 5.14 Å². The van der Waals surface area contributed by atoms with Crippen molar-refractivity contribution in [3.8, 4) is 0 Å². The third-order valence-corrected chi connectivity index (χ3v) is 5.26. The number of sulfonamides is 1. The van der Waals surface area contributed by atoms with Gasteiger partial charge in [0, 0.05) is 12.6 Å². The SMILES string of the molecule is NS(=O)(=O)c1ccc(CCN[C@H](C(=O)NC2CC2)c2ccccc2)cc1. The summed E-state index contributed by atoms with van der Waals surface area (Å²) < 4.78 is 22.6. The number of nitrogens with two attached hydrogens (primary N) is 1. The fourth-order valence-corrected chi connectivity index (χ4v) is 3.24. The Morgan fingerprint density at radius 2 is 1.73 bits per heavy atom. The van der Waals surface area contributed by atoms with Gasteiger partial charge < -0.3 is 10.6 Å². The maximum atomic E-state index is 12.5. The van der Waals surface area contributed by atoms with Crippen LogP contribution in [-0.2, 0) is 21.2 Å². The van der Waals surface area contributed by atoms with E-state index in [1.807, 2.05) is 30.3 Å². The van der Waals surface area contributed by atoms with Gasteiger partial charge in [0.15, 0.2) is 0 Å². The molecule has 1 atom stereocenters. The highest BCUT2D eigenvalue weighted by Crippen LogP contribution is 2.21. The van der Waals surface area contributed by atoms with E-state index in [0.29, 0.717) is 19.0 Å². The summed E-state index contributed by atoms with van der Waals surface area (Å²) in [5.41, 5.74) is 1.90. The zero-order valence-corrected chi connectivity index (χ0v) is 15.2. The van der Waals surface area contributed by atoms with Crippen molar-refractivity contribution >= 4 is 15.9 Å². The van der Waals surface area contributed by atoms with Crippen LogP contribution in [0.4, 0.5) is 0 Å². The van der Waals surface area contributed by atoms with Crippen LogP contribution in [0.1, 0.15) is 30.0 Å². The summed E-state index contributed by atoms with van der Waals surface area (Å²) in [6.45, 7) is 0.590. The minimum atomic E-state index is -3.68. The van der Waals surface area contributed by atoms with E-state index in [0.717, 1.165) is 24.0 Å². The largest absolute Gasteiger partial charge is 0.352 e. The van der Waals surface area contributed by atoms with Crippen LogP contribution < -0.4 is 15.8 Å². The normalized spacial score (nSPS) is 15.4. The topological polar surface area (TPSA) is 101 Å². The number of carbonyl (C=O) groups excluding carboxylic acids is 1. The first kappa shape index (κ1) is 18.6. The summed E-state index contributed by atoms with van der Waals surface area (Å²) >= 11 is 0. The van der Waals surface area contributed by atoms with Crippen molar-refractivity contribution in [1.29, 1.82) is 0 Å². The summed E-state index contributed by atoms with van der Waals surface area (Å²) in [4.78, 5) is 12.6. The molecule has 3 rings (SSSR count). The van der Waals surface area contributed by atoms with Gasteiger partial charge >= 0.3 is 0 Å².